The van der Waals surface area contributed by atoms with Crippen molar-refractivity contribution in [2.75, 3.05) is 6.54 Å². The number of hydrogen-bond acceptors (Lipinski definition) is 1. The second-order valence-electron chi connectivity index (χ2n) is 5.00. The van der Waals surface area contributed by atoms with E-state index in [4.69, 9.17) is 0 Å². The molecule has 0 fully saturated rings. The highest BCUT2D eigenvalue weighted by molar-refractivity contribution is 4.89. The average Bonchev–Trinajstić information content (AvgIpc) is 2.26. The van der Waals surface area contributed by atoms with Gasteiger partial charge in [0.2, 0.25) is 0 Å². The van der Waals surface area contributed by atoms with E-state index in [0.29, 0.717) is 6.04 Å². The van der Waals surface area contributed by atoms with Crippen molar-refractivity contribution in [1.29, 1.82) is 0 Å². The maximum Gasteiger partial charge on any atom is 0.00701 e. The van der Waals surface area contributed by atoms with Gasteiger partial charge in [-0.2, -0.15) is 0 Å². The van der Waals surface area contributed by atoms with E-state index in [1.165, 1.54) is 56.9 Å². The van der Waals surface area contributed by atoms with Crippen LogP contribution in [0.4, 0.5) is 0 Å². The molecule has 0 aliphatic carbocycles. The summed E-state index contributed by atoms with van der Waals surface area (Å²) in [6.07, 6.45) is 10.5. The van der Waals surface area contributed by atoms with Crippen molar-refractivity contribution in [2.45, 2.75) is 78.2 Å². The molecule has 0 radical (unpaired) electrons. The van der Waals surface area contributed by atoms with Gasteiger partial charge in [0.1, 0.15) is 0 Å². The Morgan fingerprint density at radius 2 is 1.81 bits per heavy atom. The molecule has 1 N–H and O–H groups in total. The Morgan fingerprint density at radius 3 is 2.38 bits per heavy atom. The summed E-state index contributed by atoms with van der Waals surface area (Å²) in [5.41, 5.74) is 1.32. The van der Waals surface area contributed by atoms with Crippen LogP contribution in [0.15, 0.2) is 12.2 Å². The van der Waals surface area contributed by atoms with Crippen LogP contribution in [0, 0.1) is 0 Å². The zero-order valence-electron chi connectivity index (χ0n) is 11.6. The highest BCUT2D eigenvalue weighted by Gasteiger charge is 2.06. The maximum absolute atomic E-state index is 3.99. The number of rotatable bonds is 11. The number of hydrogen-bond donors (Lipinski definition) is 1. The van der Waals surface area contributed by atoms with Crippen molar-refractivity contribution >= 4 is 0 Å². The first-order valence-electron chi connectivity index (χ1n) is 7.08. The molecule has 1 nitrogen and oxygen atoms in total. The summed E-state index contributed by atoms with van der Waals surface area (Å²) in [5.74, 6) is 0. The molecular formula is C15H31N. The molecule has 0 saturated carbocycles. The Balaban J connectivity index is 3.66. The molecule has 0 rings (SSSR count). The van der Waals surface area contributed by atoms with E-state index in [-0.39, 0.29) is 0 Å². The standard InChI is InChI=1S/C15H31N/c1-5-7-8-9-10-15(16-13-6-2)12-11-14(3)4/h15-16H,3,5-13H2,1-2,4H3. The summed E-state index contributed by atoms with van der Waals surface area (Å²) in [6.45, 7) is 11.8. The SMILES string of the molecule is C=C(C)CCC(CCCCCC)NCCC. The lowest BCUT2D eigenvalue weighted by Gasteiger charge is -2.18. The van der Waals surface area contributed by atoms with Gasteiger partial charge in [-0.25, -0.2) is 0 Å². The van der Waals surface area contributed by atoms with Crippen molar-refractivity contribution < 1.29 is 0 Å². The van der Waals surface area contributed by atoms with Gasteiger partial charge in [0.15, 0.2) is 0 Å². The smallest absolute Gasteiger partial charge is 0.00701 e. The van der Waals surface area contributed by atoms with Crippen LogP contribution in [-0.2, 0) is 0 Å². The minimum absolute atomic E-state index is 0.716. The molecule has 0 amide bonds. The molecule has 0 bridgehead atoms. The molecule has 0 spiro atoms. The van der Waals surface area contributed by atoms with Crippen LogP contribution in [0.3, 0.4) is 0 Å². The van der Waals surface area contributed by atoms with E-state index in [1.807, 2.05) is 0 Å². The Kier molecular flexibility index (Phi) is 11.0. The predicted octanol–water partition coefficient (Wildman–Crippen LogP) is 4.68. The summed E-state index contributed by atoms with van der Waals surface area (Å²) >= 11 is 0. The molecule has 1 unspecified atom stereocenters. The lowest BCUT2D eigenvalue weighted by atomic mass is 10.0. The summed E-state index contributed by atoms with van der Waals surface area (Å²) in [4.78, 5) is 0. The van der Waals surface area contributed by atoms with Crippen LogP contribution in [0.2, 0.25) is 0 Å². The number of nitrogens with one attached hydrogen (secondary N) is 1. The normalized spacial score (nSPS) is 12.7. The molecule has 0 heterocycles. The zero-order valence-corrected chi connectivity index (χ0v) is 11.6. The fourth-order valence-electron chi connectivity index (χ4n) is 1.94. The van der Waals surface area contributed by atoms with Crippen molar-refractivity contribution in [3.05, 3.63) is 12.2 Å². The largest absolute Gasteiger partial charge is 0.314 e. The van der Waals surface area contributed by atoms with Gasteiger partial charge in [-0.3, -0.25) is 0 Å². The third-order valence-electron chi connectivity index (χ3n) is 3.01. The van der Waals surface area contributed by atoms with Gasteiger partial charge in [0.05, 0.1) is 0 Å². The average molecular weight is 225 g/mol. The van der Waals surface area contributed by atoms with E-state index in [2.05, 4.69) is 32.7 Å². The van der Waals surface area contributed by atoms with Gasteiger partial charge < -0.3 is 5.32 Å². The Bertz CT molecular complexity index is 163. The molecule has 96 valence electrons. The first kappa shape index (κ1) is 15.7. The minimum atomic E-state index is 0.716. The molecule has 1 atom stereocenters. The summed E-state index contributed by atoms with van der Waals surface area (Å²) in [5, 5.41) is 3.66. The van der Waals surface area contributed by atoms with Gasteiger partial charge in [-0.15, -0.1) is 6.58 Å². The lowest BCUT2D eigenvalue weighted by molar-refractivity contribution is 0.432. The van der Waals surface area contributed by atoms with E-state index in [1.54, 1.807) is 0 Å². The quantitative estimate of drug-likeness (QED) is 0.397. The van der Waals surface area contributed by atoms with E-state index >= 15 is 0 Å². The van der Waals surface area contributed by atoms with Crippen LogP contribution < -0.4 is 5.32 Å². The van der Waals surface area contributed by atoms with Gasteiger partial charge >= 0.3 is 0 Å². The molecule has 0 saturated heterocycles. The van der Waals surface area contributed by atoms with Crippen molar-refractivity contribution in [3.8, 4) is 0 Å². The molecule has 0 aromatic heterocycles. The first-order valence-corrected chi connectivity index (χ1v) is 7.08. The Morgan fingerprint density at radius 1 is 1.06 bits per heavy atom. The van der Waals surface area contributed by atoms with Gasteiger partial charge in [0, 0.05) is 6.04 Å². The van der Waals surface area contributed by atoms with Gasteiger partial charge in [-0.05, 0) is 39.2 Å². The second kappa shape index (κ2) is 11.2. The summed E-state index contributed by atoms with van der Waals surface area (Å²) in [7, 11) is 0. The third kappa shape index (κ3) is 10.2. The zero-order chi connectivity index (χ0) is 12.2. The predicted molar refractivity (Wildman–Crippen MR) is 74.9 cm³/mol. The van der Waals surface area contributed by atoms with Gasteiger partial charge in [-0.1, -0.05) is 45.1 Å². The fraction of sp³-hybridized carbons (Fsp3) is 0.867. The van der Waals surface area contributed by atoms with Crippen molar-refractivity contribution in [1.82, 2.24) is 5.32 Å². The van der Waals surface area contributed by atoms with E-state index in [0.717, 1.165) is 6.54 Å². The molecule has 1 heteroatoms. The van der Waals surface area contributed by atoms with E-state index in [9.17, 15) is 0 Å². The van der Waals surface area contributed by atoms with Crippen LogP contribution in [0.1, 0.15) is 72.1 Å². The van der Waals surface area contributed by atoms with Crippen molar-refractivity contribution in [3.63, 3.8) is 0 Å². The fourth-order valence-corrected chi connectivity index (χ4v) is 1.94. The molecule has 0 aliphatic heterocycles. The topological polar surface area (TPSA) is 12.0 Å². The minimum Gasteiger partial charge on any atom is -0.314 e. The Hall–Kier alpha value is -0.300. The number of unbranched alkanes of at least 4 members (excludes halogenated alkanes) is 3. The number of allylic oxidation sites excluding steroid dienone is 1. The molecule has 0 aromatic carbocycles. The highest BCUT2D eigenvalue weighted by atomic mass is 14.9. The second-order valence-corrected chi connectivity index (χ2v) is 5.00. The summed E-state index contributed by atoms with van der Waals surface area (Å²) in [6, 6.07) is 0.716. The van der Waals surface area contributed by atoms with Crippen molar-refractivity contribution in [2.24, 2.45) is 0 Å². The van der Waals surface area contributed by atoms with Crippen LogP contribution in [0.5, 0.6) is 0 Å². The first-order chi connectivity index (χ1) is 7.70. The molecule has 0 aromatic rings. The summed E-state index contributed by atoms with van der Waals surface area (Å²) < 4.78 is 0. The maximum atomic E-state index is 3.99. The molecule has 16 heavy (non-hydrogen) atoms. The van der Waals surface area contributed by atoms with Crippen LogP contribution in [-0.4, -0.2) is 12.6 Å². The molecule has 0 aliphatic rings. The van der Waals surface area contributed by atoms with E-state index < -0.39 is 0 Å². The monoisotopic (exact) mass is 225 g/mol. The van der Waals surface area contributed by atoms with Crippen LogP contribution >= 0.6 is 0 Å². The Labute approximate surface area is 103 Å². The van der Waals surface area contributed by atoms with Crippen LogP contribution in [0.25, 0.3) is 0 Å². The lowest BCUT2D eigenvalue weighted by Crippen LogP contribution is -2.29. The molecular weight excluding hydrogens is 194 g/mol. The van der Waals surface area contributed by atoms with Gasteiger partial charge in [0.25, 0.3) is 0 Å². The highest BCUT2D eigenvalue weighted by Crippen LogP contribution is 2.12. The third-order valence-corrected chi connectivity index (χ3v) is 3.01.